The molecule has 2 aromatic rings. The average Bonchev–Trinajstić information content (AvgIpc) is 2.68. The number of hydrogen-bond acceptors (Lipinski definition) is 3. The van der Waals surface area contributed by atoms with Gasteiger partial charge in [0.1, 0.15) is 0 Å². The molecule has 0 atom stereocenters. The van der Waals surface area contributed by atoms with Crippen molar-refractivity contribution in [1.82, 2.24) is 4.90 Å². The molecule has 0 bridgehead atoms. The zero-order valence-corrected chi connectivity index (χ0v) is 14.9. The van der Waals surface area contributed by atoms with Crippen LogP contribution in [0.1, 0.15) is 30.9 Å². The molecule has 3 nitrogen and oxygen atoms in total. The van der Waals surface area contributed by atoms with Crippen LogP contribution in [0.3, 0.4) is 0 Å². The number of hydrogen-bond donors (Lipinski definition) is 0. The van der Waals surface area contributed by atoms with Crippen molar-refractivity contribution in [2.24, 2.45) is 5.92 Å². The van der Waals surface area contributed by atoms with E-state index in [4.69, 9.17) is 4.74 Å². The van der Waals surface area contributed by atoms with Crippen LogP contribution in [0.5, 0.6) is 0 Å². The summed E-state index contributed by atoms with van der Waals surface area (Å²) in [6, 6.07) is 18.7. The third-order valence-corrected chi connectivity index (χ3v) is 4.98. The number of piperidine rings is 1. The van der Waals surface area contributed by atoms with Gasteiger partial charge in [0.05, 0.1) is 11.6 Å². The zero-order valence-electron chi connectivity index (χ0n) is 14.9. The van der Waals surface area contributed by atoms with E-state index in [2.05, 4.69) is 42.2 Å². The van der Waals surface area contributed by atoms with Crippen LogP contribution < -0.4 is 0 Å². The van der Waals surface area contributed by atoms with E-state index in [1.165, 1.54) is 18.4 Å². The SMILES string of the molecule is CCOCC1CCN(Cc2ccc(-c3ccccc3C#N)cc2)CC1. The summed E-state index contributed by atoms with van der Waals surface area (Å²) in [7, 11) is 0. The van der Waals surface area contributed by atoms with Crippen molar-refractivity contribution in [2.45, 2.75) is 26.3 Å². The van der Waals surface area contributed by atoms with Crippen molar-refractivity contribution in [3.8, 4) is 17.2 Å². The Balaban J connectivity index is 1.58. The Hall–Kier alpha value is -2.15. The first-order chi connectivity index (χ1) is 12.3. The predicted molar refractivity (Wildman–Crippen MR) is 101 cm³/mol. The number of nitriles is 1. The van der Waals surface area contributed by atoms with Crippen molar-refractivity contribution in [3.63, 3.8) is 0 Å². The normalized spacial score (nSPS) is 15.8. The molecule has 0 N–H and O–H groups in total. The number of likely N-dealkylation sites (tertiary alicyclic amines) is 1. The minimum absolute atomic E-state index is 0.723. The van der Waals surface area contributed by atoms with Gasteiger partial charge >= 0.3 is 0 Å². The molecule has 0 radical (unpaired) electrons. The van der Waals surface area contributed by atoms with Gasteiger partial charge in [-0.15, -0.1) is 0 Å². The van der Waals surface area contributed by atoms with Gasteiger partial charge in [0, 0.05) is 19.8 Å². The number of nitrogens with zero attached hydrogens (tertiary/aromatic N) is 2. The molecule has 130 valence electrons. The molecular formula is C22H26N2O. The standard InChI is InChI=1S/C22H26N2O/c1-2-25-17-19-11-13-24(14-12-19)16-18-7-9-20(10-8-18)22-6-4-3-5-21(22)15-23/h3-10,19H,2,11-14,16-17H2,1H3. The Morgan fingerprint density at radius 3 is 2.48 bits per heavy atom. The van der Waals surface area contributed by atoms with Gasteiger partial charge in [-0.2, -0.15) is 5.26 Å². The molecule has 0 unspecified atom stereocenters. The van der Waals surface area contributed by atoms with Crippen molar-refractivity contribution in [1.29, 1.82) is 5.26 Å². The highest BCUT2D eigenvalue weighted by atomic mass is 16.5. The van der Waals surface area contributed by atoms with Gasteiger partial charge in [-0.3, -0.25) is 4.90 Å². The Labute approximate surface area is 150 Å². The van der Waals surface area contributed by atoms with E-state index in [1.54, 1.807) is 0 Å². The molecule has 0 saturated carbocycles. The Bertz CT molecular complexity index is 710. The lowest BCUT2D eigenvalue weighted by molar-refractivity contribution is 0.0723. The summed E-state index contributed by atoms with van der Waals surface area (Å²) >= 11 is 0. The summed E-state index contributed by atoms with van der Waals surface area (Å²) in [6.45, 7) is 7.10. The molecule has 3 heteroatoms. The summed E-state index contributed by atoms with van der Waals surface area (Å²) in [5.41, 5.74) is 4.18. The summed E-state index contributed by atoms with van der Waals surface area (Å²) < 4.78 is 5.56. The molecule has 0 amide bonds. The maximum atomic E-state index is 9.26. The van der Waals surface area contributed by atoms with E-state index in [1.807, 2.05) is 24.3 Å². The molecule has 2 aromatic carbocycles. The first-order valence-corrected chi connectivity index (χ1v) is 9.18. The lowest BCUT2D eigenvalue weighted by Crippen LogP contribution is -2.34. The first-order valence-electron chi connectivity index (χ1n) is 9.18. The fourth-order valence-electron chi connectivity index (χ4n) is 3.48. The maximum Gasteiger partial charge on any atom is 0.0998 e. The summed E-state index contributed by atoms with van der Waals surface area (Å²) in [4.78, 5) is 2.53. The van der Waals surface area contributed by atoms with E-state index in [-0.39, 0.29) is 0 Å². The lowest BCUT2D eigenvalue weighted by Gasteiger charge is -2.31. The van der Waals surface area contributed by atoms with Gasteiger partial charge in [-0.25, -0.2) is 0 Å². The highest BCUT2D eigenvalue weighted by molar-refractivity contribution is 5.70. The van der Waals surface area contributed by atoms with E-state index in [0.29, 0.717) is 0 Å². The van der Waals surface area contributed by atoms with Gasteiger partial charge < -0.3 is 4.74 Å². The highest BCUT2D eigenvalue weighted by Crippen LogP contribution is 2.24. The van der Waals surface area contributed by atoms with Crippen molar-refractivity contribution >= 4 is 0 Å². The van der Waals surface area contributed by atoms with Crippen molar-refractivity contribution in [2.75, 3.05) is 26.3 Å². The van der Waals surface area contributed by atoms with Crippen LogP contribution in [0.4, 0.5) is 0 Å². The maximum absolute atomic E-state index is 9.26. The van der Waals surface area contributed by atoms with Gasteiger partial charge in [0.2, 0.25) is 0 Å². The summed E-state index contributed by atoms with van der Waals surface area (Å²) in [5, 5.41) is 9.26. The van der Waals surface area contributed by atoms with Crippen LogP contribution in [-0.2, 0) is 11.3 Å². The van der Waals surface area contributed by atoms with Gasteiger partial charge in [-0.1, -0.05) is 42.5 Å². The van der Waals surface area contributed by atoms with Crippen LogP contribution in [0.25, 0.3) is 11.1 Å². The van der Waals surface area contributed by atoms with E-state index >= 15 is 0 Å². The summed E-state index contributed by atoms with van der Waals surface area (Å²) in [5.74, 6) is 0.723. The van der Waals surface area contributed by atoms with Gasteiger partial charge in [0.25, 0.3) is 0 Å². The molecular weight excluding hydrogens is 308 g/mol. The zero-order chi connectivity index (χ0) is 17.5. The second-order valence-corrected chi connectivity index (χ2v) is 6.73. The van der Waals surface area contributed by atoms with E-state index < -0.39 is 0 Å². The predicted octanol–water partition coefficient (Wildman–Crippen LogP) is 4.47. The molecule has 25 heavy (non-hydrogen) atoms. The van der Waals surface area contributed by atoms with Crippen LogP contribution in [0.15, 0.2) is 48.5 Å². The fraction of sp³-hybridized carbons (Fsp3) is 0.409. The molecule has 1 saturated heterocycles. The lowest BCUT2D eigenvalue weighted by atomic mass is 9.96. The molecule has 1 fully saturated rings. The Morgan fingerprint density at radius 2 is 1.80 bits per heavy atom. The molecule has 0 aromatic heterocycles. The van der Waals surface area contributed by atoms with Crippen LogP contribution in [0, 0.1) is 17.2 Å². The quantitative estimate of drug-likeness (QED) is 0.782. The third-order valence-electron chi connectivity index (χ3n) is 4.98. The number of benzene rings is 2. The monoisotopic (exact) mass is 334 g/mol. The van der Waals surface area contributed by atoms with Crippen LogP contribution >= 0.6 is 0 Å². The molecule has 1 heterocycles. The molecule has 1 aliphatic rings. The third kappa shape index (κ3) is 4.69. The topological polar surface area (TPSA) is 36.3 Å². The fourth-order valence-corrected chi connectivity index (χ4v) is 3.48. The summed E-state index contributed by atoms with van der Waals surface area (Å²) in [6.07, 6.45) is 2.46. The van der Waals surface area contributed by atoms with E-state index in [0.717, 1.165) is 55.5 Å². The number of ether oxygens (including phenoxy) is 1. The smallest absolute Gasteiger partial charge is 0.0998 e. The Morgan fingerprint density at radius 1 is 1.08 bits per heavy atom. The van der Waals surface area contributed by atoms with Crippen molar-refractivity contribution < 1.29 is 4.74 Å². The minimum atomic E-state index is 0.723. The molecule has 0 aliphatic carbocycles. The number of rotatable bonds is 6. The highest BCUT2D eigenvalue weighted by Gasteiger charge is 2.19. The average molecular weight is 334 g/mol. The second-order valence-electron chi connectivity index (χ2n) is 6.73. The van der Waals surface area contributed by atoms with E-state index in [9.17, 15) is 5.26 Å². The second kappa shape index (κ2) is 8.80. The Kier molecular flexibility index (Phi) is 6.22. The molecule has 0 spiro atoms. The minimum Gasteiger partial charge on any atom is -0.381 e. The molecule has 1 aliphatic heterocycles. The van der Waals surface area contributed by atoms with Crippen LogP contribution in [-0.4, -0.2) is 31.2 Å². The van der Waals surface area contributed by atoms with Crippen molar-refractivity contribution in [3.05, 3.63) is 59.7 Å². The van der Waals surface area contributed by atoms with Gasteiger partial charge in [-0.05, 0) is 61.5 Å². The molecule has 3 rings (SSSR count). The largest absolute Gasteiger partial charge is 0.381 e. The van der Waals surface area contributed by atoms with Gasteiger partial charge in [0.15, 0.2) is 0 Å². The first kappa shape index (κ1) is 17.7. The van der Waals surface area contributed by atoms with Crippen LogP contribution in [0.2, 0.25) is 0 Å².